The molecular formula is C36H40N4O6. The topological polar surface area (TPSA) is 113 Å². The van der Waals surface area contributed by atoms with Crippen LogP contribution in [-0.4, -0.2) is 76.5 Å². The van der Waals surface area contributed by atoms with E-state index in [0.29, 0.717) is 48.0 Å². The number of carbonyl (C=O) groups is 3. The molecule has 240 valence electrons. The molecule has 4 aromatic rings. The second-order valence-corrected chi connectivity index (χ2v) is 12.2. The van der Waals surface area contributed by atoms with E-state index in [1.807, 2.05) is 48.5 Å². The van der Waals surface area contributed by atoms with E-state index in [2.05, 4.69) is 4.90 Å². The highest BCUT2D eigenvalue weighted by atomic mass is 16.6. The molecule has 3 aromatic carbocycles. The highest BCUT2D eigenvalue weighted by Gasteiger charge is 2.40. The third-order valence-corrected chi connectivity index (χ3v) is 7.80. The number of aromatic nitrogens is 1. The van der Waals surface area contributed by atoms with Crippen LogP contribution >= 0.6 is 0 Å². The fraction of sp³-hybridized carbons (Fsp3) is 0.333. The van der Waals surface area contributed by atoms with E-state index in [9.17, 15) is 14.7 Å². The summed E-state index contributed by atoms with van der Waals surface area (Å²) < 4.78 is 10.8. The number of carbonyl (C=O) groups excluding carboxylic acids is 3. The average molecular weight is 625 g/mol. The van der Waals surface area contributed by atoms with Crippen molar-refractivity contribution in [2.45, 2.75) is 51.7 Å². The van der Waals surface area contributed by atoms with E-state index in [4.69, 9.17) is 14.5 Å². The van der Waals surface area contributed by atoms with Crippen LogP contribution in [0.3, 0.4) is 0 Å². The number of para-hydroxylation sites is 2. The van der Waals surface area contributed by atoms with E-state index >= 15 is 4.79 Å². The summed E-state index contributed by atoms with van der Waals surface area (Å²) in [6, 6.07) is 25.2. The minimum atomic E-state index is -1.04. The summed E-state index contributed by atoms with van der Waals surface area (Å²) in [5.74, 6) is -0.761. The Balaban J connectivity index is 1.74. The second-order valence-electron chi connectivity index (χ2n) is 12.2. The first kappa shape index (κ1) is 32.6. The van der Waals surface area contributed by atoms with E-state index in [0.717, 1.165) is 28.7 Å². The number of amides is 3. The molecule has 5 rings (SSSR count). The summed E-state index contributed by atoms with van der Waals surface area (Å²) in [5, 5.41) is 12.2. The highest BCUT2D eigenvalue weighted by Crippen LogP contribution is 2.34. The molecule has 0 saturated carbocycles. The molecule has 1 aliphatic rings. The minimum absolute atomic E-state index is 0.234. The van der Waals surface area contributed by atoms with Crippen molar-refractivity contribution < 1.29 is 29.0 Å². The fourth-order valence-corrected chi connectivity index (χ4v) is 5.61. The van der Waals surface area contributed by atoms with Crippen LogP contribution in [0.25, 0.3) is 22.2 Å². The van der Waals surface area contributed by atoms with Gasteiger partial charge in [-0.15, -0.1) is 5.01 Å². The number of imide groups is 1. The van der Waals surface area contributed by atoms with Gasteiger partial charge in [0.25, 0.3) is 5.91 Å². The Kier molecular flexibility index (Phi) is 9.99. The van der Waals surface area contributed by atoms with Gasteiger partial charge in [0.2, 0.25) is 0 Å². The Morgan fingerprint density at radius 1 is 0.891 bits per heavy atom. The van der Waals surface area contributed by atoms with Crippen LogP contribution < -0.4 is 5.01 Å². The predicted molar refractivity (Wildman–Crippen MR) is 176 cm³/mol. The lowest BCUT2D eigenvalue weighted by molar-refractivity contribution is 0.0214. The normalized spacial score (nSPS) is 14.1. The highest BCUT2D eigenvalue weighted by molar-refractivity contribution is 6.15. The van der Waals surface area contributed by atoms with Crippen molar-refractivity contribution >= 4 is 34.7 Å². The number of pyridine rings is 1. The molecule has 1 fully saturated rings. The summed E-state index contributed by atoms with van der Waals surface area (Å²) in [6.45, 7) is 7.11. The van der Waals surface area contributed by atoms with Crippen LogP contribution in [0.4, 0.5) is 15.3 Å². The van der Waals surface area contributed by atoms with Gasteiger partial charge in [-0.1, -0.05) is 66.7 Å². The zero-order valence-electron chi connectivity index (χ0n) is 26.7. The smallest absolute Gasteiger partial charge is 0.437 e. The molecule has 0 radical (unpaired) electrons. The van der Waals surface area contributed by atoms with Gasteiger partial charge < -0.3 is 19.5 Å². The number of ether oxygens (including phenoxy) is 2. The monoisotopic (exact) mass is 624 g/mol. The number of aliphatic hydroxyl groups is 1. The number of aliphatic hydroxyl groups excluding tert-OH is 1. The molecule has 46 heavy (non-hydrogen) atoms. The first-order chi connectivity index (χ1) is 22.1. The fourth-order valence-electron chi connectivity index (χ4n) is 5.61. The number of methoxy groups -OCH3 is 1. The average Bonchev–Trinajstić information content (AvgIpc) is 3.05. The van der Waals surface area contributed by atoms with Crippen LogP contribution in [0, 0.1) is 0 Å². The van der Waals surface area contributed by atoms with Crippen molar-refractivity contribution in [3.63, 3.8) is 0 Å². The number of hydrazine groups is 1. The molecule has 0 spiro atoms. The van der Waals surface area contributed by atoms with Gasteiger partial charge in [0.05, 0.1) is 35.7 Å². The largest absolute Gasteiger partial charge is 0.451 e. The van der Waals surface area contributed by atoms with Crippen LogP contribution in [0.2, 0.25) is 0 Å². The van der Waals surface area contributed by atoms with Crippen molar-refractivity contribution in [2.75, 3.05) is 31.8 Å². The van der Waals surface area contributed by atoms with Gasteiger partial charge >= 0.3 is 12.2 Å². The summed E-state index contributed by atoms with van der Waals surface area (Å²) in [4.78, 5) is 49.9. The SMILES string of the molecule is COC(=O)N(c1ccccc1)N(C(=O)OC(C)(C)C)C(=O)c1c(CCN2CCC(O)CC2)c(-c2ccccc2)nc2ccccc12. The molecule has 1 aromatic heterocycles. The van der Waals surface area contributed by atoms with Crippen molar-refractivity contribution in [1.82, 2.24) is 14.9 Å². The summed E-state index contributed by atoms with van der Waals surface area (Å²) in [6.07, 6.45) is -0.536. The molecule has 1 N–H and O–H groups in total. The van der Waals surface area contributed by atoms with Crippen LogP contribution in [0.1, 0.15) is 49.5 Å². The molecule has 3 amide bonds. The first-order valence-corrected chi connectivity index (χ1v) is 15.5. The maximum Gasteiger partial charge on any atom is 0.437 e. The Labute approximate surface area is 269 Å². The van der Waals surface area contributed by atoms with Crippen molar-refractivity contribution in [2.24, 2.45) is 0 Å². The summed E-state index contributed by atoms with van der Waals surface area (Å²) in [7, 11) is 1.19. The van der Waals surface area contributed by atoms with Crippen molar-refractivity contribution in [3.8, 4) is 11.3 Å². The number of hydrogen-bond acceptors (Lipinski definition) is 8. The van der Waals surface area contributed by atoms with E-state index in [1.54, 1.807) is 57.2 Å². The van der Waals surface area contributed by atoms with Gasteiger partial charge in [0, 0.05) is 30.6 Å². The number of rotatable bonds is 6. The molecule has 0 unspecified atom stereocenters. The molecule has 2 heterocycles. The molecule has 0 atom stereocenters. The van der Waals surface area contributed by atoms with Crippen molar-refractivity contribution in [1.29, 1.82) is 0 Å². The molecule has 10 heteroatoms. The lowest BCUT2D eigenvalue weighted by atomic mass is 9.93. The van der Waals surface area contributed by atoms with Gasteiger partial charge in [-0.05, 0) is 63.8 Å². The van der Waals surface area contributed by atoms with Gasteiger partial charge in [-0.2, -0.15) is 5.01 Å². The van der Waals surface area contributed by atoms with E-state index in [1.165, 1.54) is 7.11 Å². The number of likely N-dealkylation sites (tertiary alicyclic amines) is 1. The van der Waals surface area contributed by atoms with Gasteiger partial charge in [0.1, 0.15) is 5.60 Å². The number of piperidine rings is 1. The maximum atomic E-state index is 15.1. The van der Waals surface area contributed by atoms with E-state index in [-0.39, 0.29) is 17.4 Å². The lowest BCUT2D eigenvalue weighted by Crippen LogP contribution is -2.55. The first-order valence-electron chi connectivity index (χ1n) is 15.5. The molecule has 0 bridgehead atoms. The van der Waals surface area contributed by atoms with Gasteiger partial charge in [-0.3, -0.25) is 4.79 Å². The summed E-state index contributed by atoms with van der Waals surface area (Å²) >= 11 is 0. The van der Waals surface area contributed by atoms with Gasteiger partial charge in [0.15, 0.2) is 0 Å². The third kappa shape index (κ3) is 7.35. The molecule has 1 aliphatic heterocycles. The lowest BCUT2D eigenvalue weighted by Gasteiger charge is -2.34. The number of benzene rings is 3. The van der Waals surface area contributed by atoms with Crippen LogP contribution in [0.5, 0.6) is 0 Å². The third-order valence-electron chi connectivity index (χ3n) is 7.80. The molecular weight excluding hydrogens is 584 g/mol. The summed E-state index contributed by atoms with van der Waals surface area (Å²) in [5.41, 5.74) is 2.10. The molecule has 0 aliphatic carbocycles. The van der Waals surface area contributed by atoms with E-state index < -0.39 is 23.7 Å². The standard InChI is InChI=1S/C36H40N4O6/c1-36(2,3)46-35(44)40(39(34(43)45-4)26-15-9-6-10-16-26)33(42)31-28-17-11-12-18-30(28)37-32(25-13-7-5-8-14-25)29(31)21-24-38-22-19-27(41)20-23-38/h5-18,27,41H,19-24H2,1-4H3. The van der Waals surface area contributed by atoms with Crippen LogP contribution in [0.15, 0.2) is 84.9 Å². The Hall–Kier alpha value is -4.80. The number of fused-ring (bicyclic) bond motifs is 1. The van der Waals surface area contributed by atoms with Gasteiger partial charge in [-0.25, -0.2) is 14.6 Å². The Bertz CT molecular complexity index is 1680. The maximum absolute atomic E-state index is 15.1. The van der Waals surface area contributed by atoms with Crippen LogP contribution in [-0.2, 0) is 15.9 Å². The molecule has 10 nitrogen and oxygen atoms in total. The second kappa shape index (κ2) is 14.1. The zero-order valence-corrected chi connectivity index (χ0v) is 26.7. The Morgan fingerprint density at radius 2 is 1.50 bits per heavy atom. The quantitative estimate of drug-likeness (QED) is 0.243. The number of hydrogen-bond donors (Lipinski definition) is 1. The zero-order chi connectivity index (χ0) is 32.8. The molecule has 1 saturated heterocycles. The minimum Gasteiger partial charge on any atom is -0.451 e. The number of anilines is 1. The Morgan fingerprint density at radius 3 is 2.13 bits per heavy atom. The van der Waals surface area contributed by atoms with Crippen molar-refractivity contribution in [3.05, 3.63) is 96.1 Å². The number of nitrogens with zero attached hydrogens (tertiary/aromatic N) is 4. The predicted octanol–water partition coefficient (Wildman–Crippen LogP) is 6.47.